The molecule has 18 heavy (non-hydrogen) atoms. The van der Waals surface area contributed by atoms with Crippen LogP contribution in [0, 0.1) is 11.8 Å². The highest BCUT2D eigenvalue weighted by Gasteiger charge is 2.36. The summed E-state index contributed by atoms with van der Waals surface area (Å²) in [6, 6.07) is -0.276. The fraction of sp³-hybridized carbons (Fsp3) is 0.600. The number of carbonyl (C=O) groups is 2. The number of carboxylic acid groups (broad SMARTS) is 1. The van der Waals surface area contributed by atoms with Gasteiger partial charge in [-0.25, -0.2) is 9.78 Å². The van der Waals surface area contributed by atoms with Crippen LogP contribution in [0.2, 0.25) is 0 Å². The van der Waals surface area contributed by atoms with Gasteiger partial charge in [-0.3, -0.25) is 9.89 Å². The third kappa shape index (κ3) is 2.58. The van der Waals surface area contributed by atoms with E-state index in [4.69, 9.17) is 5.11 Å². The van der Waals surface area contributed by atoms with E-state index in [2.05, 4.69) is 20.5 Å². The first-order valence-electron chi connectivity index (χ1n) is 5.67. The Morgan fingerprint density at radius 2 is 2.39 bits per heavy atom. The highest BCUT2D eigenvalue weighted by Crippen LogP contribution is 2.22. The second-order valence-corrected chi connectivity index (χ2v) is 4.42. The molecule has 0 saturated carbocycles. The number of hydrogen-bond donors (Lipinski definition) is 3. The van der Waals surface area contributed by atoms with Crippen LogP contribution in [0.4, 0.5) is 4.79 Å². The van der Waals surface area contributed by atoms with Crippen molar-refractivity contribution in [2.24, 2.45) is 11.8 Å². The van der Waals surface area contributed by atoms with Gasteiger partial charge in [0.25, 0.3) is 0 Å². The molecule has 0 aromatic carbocycles. The van der Waals surface area contributed by atoms with E-state index in [1.54, 1.807) is 0 Å². The zero-order valence-electron chi connectivity index (χ0n) is 9.96. The molecule has 98 valence electrons. The molecule has 0 radical (unpaired) electrons. The molecule has 1 aromatic rings. The predicted molar refractivity (Wildman–Crippen MR) is 60.5 cm³/mol. The van der Waals surface area contributed by atoms with E-state index >= 15 is 0 Å². The Hall–Kier alpha value is -2.12. The third-order valence-corrected chi connectivity index (χ3v) is 3.09. The average molecular weight is 253 g/mol. The van der Waals surface area contributed by atoms with E-state index in [-0.39, 0.29) is 25.0 Å². The molecule has 2 unspecified atom stereocenters. The van der Waals surface area contributed by atoms with Crippen molar-refractivity contribution in [2.75, 3.05) is 13.1 Å². The monoisotopic (exact) mass is 253 g/mol. The third-order valence-electron chi connectivity index (χ3n) is 3.09. The first kappa shape index (κ1) is 12.3. The Balaban J connectivity index is 1.85. The molecule has 2 rings (SSSR count). The molecule has 1 saturated heterocycles. The van der Waals surface area contributed by atoms with Crippen LogP contribution in [-0.2, 0) is 11.3 Å². The second kappa shape index (κ2) is 5.03. The van der Waals surface area contributed by atoms with Crippen LogP contribution in [0.5, 0.6) is 0 Å². The maximum Gasteiger partial charge on any atom is 0.317 e. The van der Waals surface area contributed by atoms with Gasteiger partial charge >= 0.3 is 12.0 Å². The number of aromatic nitrogens is 3. The summed E-state index contributed by atoms with van der Waals surface area (Å²) in [5, 5.41) is 17.9. The summed E-state index contributed by atoms with van der Waals surface area (Å²) in [6.07, 6.45) is 1.36. The summed E-state index contributed by atoms with van der Waals surface area (Å²) in [4.78, 5) is 28.1. The molecule has 3 N–H and O–H groups in total. The van der Waals surface area contributed by atoms with Crippen LogP contribution in [0.15, 0.2) is 6.33 Å². The molecule has 1 fully saturated rings. The van der Waals surface area contributed by atoms with Crippen molar-refractivity contribution in [1.29, 1.82) is 0 Å². The molecule has 2 atom stereocenters. The average Bonchev–Trinajstić information content (AvgIpc) is 2.94. The van der Waals surface area contributed by atoms with Crippen molar-refractivity contribution in [1.82, 2.24) is 25.4 Å². The van der Waals surface area contributed by atoms with Crippen molar-refractivity contribution in [3.63, 3.8) is 0 Å². The van der Waals surface area contributed by atoms with Gasteiger partial charge in [0.2, 0.25) is 0 Å². The number of hydrogen-bond acceptors (Lipinski definition) is 4. The van der Waals surface area contributed by atoms with E-state index in [0.29, 0.717) is 12.4 Å². The fourth-order valence-corrected chi connectivity index (χ4v) is 2.04. The lowest BCUT2D eigenvalue weighted by atomic mass is 9.99. The van der Waals surface area contributed by atoms with E-state index in [9.17, 15) is 9.59 Å². The van der Waals surface area contributed by atoms with Gasteiger partial charge in [-0.2, -0.15) is 5.10 Å². The molecule has 0 bridgehead atoms. The summed E-state index contributed by atoms with van der Waals surface area (Å²) in [7, 11) is 0. The Labute approximate surface area is 103 Å². The number of H-pyrrole nitrogens is 1. The molecule has 1 aromatic heterocycles. The number of amides is 2. The van der Waals surface area contributed by atoms with Gasteiger partial charge in [-0.1, -0.05) is 6.92 Å². The SMILES string of the molecule is CC1CN(C(=O)NCc2ncn[nH]2)CC1C(=O)O. The molecule has 1 aliphatic heterocycles. The van der Waals surface area contributed by atoms with Gasteiger partial charge in [-0.15, -0.1) is 0 Å². The lowest BCUT2D eigenvalue weighted by molar-refractivity contribution is -0.142. The van der Waals surface area contributed by atoms with Gasteiger partial charge in [0, 0.05) is 13.1 Å². The van der Waals surface area contributed by atoms with E-state index < -0.39 is 11.9 Å². The van der Waals surface area contributed by atoms with Gasteiger partial charge in [-0.05, 0) is 5.92 Å². The topological polar surface area (TPSA) is 111 Å². The van der Waals surface area contributed by atoms with Crippen molar-refractivity contribution < 1.29 is 14.7 Å². The fourth-order valence-electron chi connectivity index (χ4n) is 2.04. The number of nitrogens with one attached hydrogen (secondary N) is 2. The highest BCUT2D eigenvalue weighted by atomic mass is 16.4. The molecule has 2 heterocycles. The minimum Gasteiger partial charge on any atom is -0.481 e. The van der Waals surface area contributed by atoms with Crippen LogP contribution in [-0.4, -0.2) is 50.3 Å². The minimum absolute atomic E-state index is 0.0291. The van der Waals surface area contributed by atoms with Crippen LogP contribution in [0.1, 0.15) is 12.7 Å². The lowest BCUT2D eigenvalue weighted by Crippen LogP contribution is -2.38. The molecule has 8 nitrogen and oxygen atoms in total. The Morgan fingerprint density at radius 1 is 1.61 bits per heavy atom. The van der Waals surface area contributed by atoms with E-state index in [0.717, 1.165) is 0 Å². The quantitative estimate of drug-likeness (QED) is 0.682. The van der Waals surface area contributed by atoms with Crippen LogP contribution < -0.4 is 5.32 Å². The van der Waals surface area contributed by atoms with Crippen LogP contribution in [0.3, 0.4) is 0 Å². The Bertz CT molecular complexity index is 433. The minimum atomic E-state index is -0.854. The predicted octanol–water partition coefficient (Wildman–Crippen LogP) is -0.333. The van der Waals surface area contributed by atoms with E-state index in [1.165, 1.54) is 11.2 Å². The molecule has 1 aliphatic rings. The lowest BCUT2D eigenvalue weighted by Gasteiger charge is -2.16. The number of likely N-dealkylation sites (tertiary alicyclic amines) is 1. The Kier molecular flexibility index (Phi) is 3.45. The number of nitrogens with zero attached hydrogens (tertiary/aromatic N) is 3. The molecule has 0 aliphatic carbocycles. The summed E-state index contributed by atoms with van der Waals surface area (Å²) in [5.41, 5.74) is 0. The zero-order valence-corrected chi connectivity index (χ0v) is 9.96. The van der Waals surface area contributed by atoms with Crippen LogP contribution in [0.25, 0.3) is 0 Å². The van der Waals surface area contributed by atoms with Gasteiger partial charge < -0.3 is 15.3 Å². The number of carbonyl (C=O) groups excluding carboxylic acids is 1. The number of urea groups is 1. The number of rotatable bonds is 3. The second-order valence-electron chi connectivity index (χ2n) is 4.42. The maximum atomic E-state index is 11.8. The molecule has 8 heteroatoms. The Morgan fingerprint density at radius 3 is 2.94 bits per heavy atom. The van der Waals surface area contributed by atoms with Crippen molar-refractivity contribution in [3.05, 3.63) is 12.2 Å². The zero-order chi connectivity index (χ0) is 13.1. The summed E-state index contributed by atoms with van der Waals surface area (Å²) in [5.74, 6) is -0.807. The molecular formula is C10H15N5O3. The smallest absolute Gasteiger partial charge is 0.317 e. The standard InChI is InChI=1S/C10H15N5O3/c1-6-3-15(4-7(6)9(16)17)10(18)11-2-8-12-5-13-14-8/h5-7H,2-4H2,1H3,(H,11,18)(H,16,17)(H,12,13,14). The van der Waals surface area contributed by atoms with Crippen molar-refractivity contribution in [3.8, 4) is 0 Å². The summed E-state index contributed by atoms with van der Waals surface area (Å²) >= 11 is 0. The maximum absolute atomic E-state index is 11.8. The molecule has 0 spiro atoms. The largest absolute Gasteiger partial charge is 0.481 e. The van der Waals surface area contributed by atoms with Gasteiger partial charge in [0.1, 0.15) is 12.2 Å². The highest BCUT2D eigenvalue weighted by molar-refractivity contribution is 5.77. The van der Waals surface area contributed by atoms with E-state index in [1.807, 2.05) is 6.92 Å². The molecular weight excluding hydrogens is 238 g/mol. The number of carboxylic acids is 1. The summed E-state index contributed by atoms with van der Waals surface area (Å²) < 4.78 is 0. The number of aliphatic carboxylic acids is 1. The molecule has 2 amide bonds. The summed E-state index contributed by atoms with van der Waals surface area (Å²) in [6.45, 7) is 2.79. The van der Waals surface area contributed by atoms with Gasteiger partial charge in [0.05, 0.1) is 12.5 Å². The van der Waals surface area contributed by atoms with Gasteiger partial charge in [0.15, 0.2) is 0 Å². The first-order chi connectivity index (χ1) is 8.58. The normalized spacial score (nSPS) is 23.1. The van der Waals surface area contributed by atoms with Crippen molar-refractivity contribution >= 4 is 12.0 Å². The van der Waals surface area contributed by atoms with Crippen molar-refractivity contribution in [2.45, 2.75) is 13.5 Å². The van der Waals surface area contributed by atoms with Crippen LogP contribution >= 0.6 is 0 Å². The first-order valence-corrected chi connectivity index (χ1v) is 5.67. The number of aromatic amines is 1.